The largest absolute Gasteiger partial charge is 0.362 e. The van der Waals surface area contributed by atoms with Gasteiger partial charge in [0.05, 0.1) is 6.20 Å². The highest BCUT2D eigenvalue weighted by atomic mass is 15.1. The van der Waals surface area contributed by atoms with Crippen LogP contribution in [0.2, 0.25) is 0 Å². The van der Waals surface area contributed by atoms with E-state index in [-0.39, 0.29) is 0 Å². The lowest BCUT2D eigenvalue weighted by atomic mass is 10.1. The van der Waals surface area contributed by atoms with E-state index in [4.69, 9.17) is 6.57 Å². The first-order valence-corrected chi connectivity index (χ1v) is 7.20. The molecule has 0 spiro atoms. The molecule has 0 aliphatic heterocycles. The second-order valence-corrected chi connectivity index (χ2v) is 5.49. The predicted molar refractivity (Wildman–Crippen MR) is 89.5 cm³/mol. The van der Waals surface area contributed by atoms with E-state index in [0.717, 1.165) is 28.2 Å². The fourth-order valence-corrected chi connectivity index (χ4v) is 2.71. The highest BCUT2D eigenvalue weighted by Crippen LogP contribution is 2.31. The fraction of sp³-hybridized carbons (Fsp3) is 0.158. The number of hydrogen-bond acceptors (Lipinski definition) is 1. The SMILES string of the molecule is [C-]#[N+]c1cnc(-c2ccc(C)cc2)n1-c1c(C)cccc1C. The van der Waals surface area contributed by atoms with Crippen molar-refractivity contribution >= 4 is 5.82 Å². The molecule has 0 aliphatic carbocycles. The first kappa shape index (κ1) is 14.1. The van der Waals surface area contributed by atoms with Crippen LogP contribution in [-0.4, -0.2) is 9.55 Å². The molecule has 3 heteroatoms. The maximum absolute atomic E-state index is 7.45. The molecule has 0 aliphatic rings. The van der Waals surface area contributed by atoms with Gasteiger partial charge in [0.2, 0.25) is 5.82 Å². The Morgan fingerprint density at radius 3 is 2.18 bits per heavy atom. The molecule has 3 rings (SSSR count). The lowest BCUT2D eigenvalue weighted by Crippen LogP contribution is -2.02. The van der Waals surface area contributed by atoms with E-state index >= 15 is 0 Å². The third-order valence-electron chi connectivity index (χ3n) is 3.83. The average Bonchev–Trinajstić information content (AvgIpc) is 2.91. The van der Waals surface area contributed by atoms with Gasteiger partial charge >= 0.3 is 0 Å². The lowest BCUT2D eigenvalue weighted by Gasteiger charge is -2.11. The van der Waals surface area contributed by atoms with Gasteiger partial charge in [-0.05, 0) is 44.0 Å². The Hall–Kier alpha value is -2.86. The minimum atomic E-state index is 0.535. The maximum Gasteiger partial charge on any atom is 0.255 e. The lowest BCUT2D eigenvalue weighted by molar-refractivity contribution is 1.05. The Kier molecular flexibility index (Phi) is 3.52. The van der Waals surface area contributed by atoms with Crippen molar-refractivity contribution in [1.29, 1.82) is 0 Å². The number of nitrogens with zero attached hydrogens (tertiary/aromatic N) is 3. The van der Waals surface area contributed by atoms with Gasteiger partial charge in [-0.2, -0.15) is 0 Å². The van der Waals surface area contributed by atoms with Crippen LogP contribution in [0.5, 0.6) is 0 Å². The Bertz CT molecular complexity index is 844. The third kappa shape index (κ3) is 2.29. The normalized spacial score (nSPS) is 10.5. The zero-order chi connectivity index (χ0) is 15.7. The van der Waals surface area contributed by atoms with Crippen LogP contribution in [0.3, 0.4) is 0 Å². The van der Waals surface area contributed by atoms with Gasteiger partial charge < -0.3 is 4.85 Å². The van der Waals surface area contributed by atoms with E-state index in [1.165, 1.54) is 5.56 Å². The van der Waals surface area contributed by atoms with Gasteiger partial charge in [-0.1, -0.05) is 42.5 Å². The van der Waals surface area contributed by atoms with Gasteiger partial charge in [-0.25, -0.2) is 9.55 Å². The van der Waals surface area contributed by atoms with Crippen molar-refractivity contribution < 1.29 is 0 Å². The number of imidazole rings is 1. The third-order valence-corrected chi connectivity index (χ3v) is 3.83. The van der Waals surface area contributed by atoms with Crippen molar-refractivity contribution in [3.8, 4) is 17.1 Å². The van der Waals surface area contributed by atoms with E-state index in [0.29, 0.717) is 5.82 Å². The summed E-state index contributed by atoms with van der Waals surface area (Å²) in [5.74, 6) is 1.34. The van der Waals surface area contributed by atoms with Crippen molar-refractivity contribution in [2.75, 3.05) is 0 Å². The topological polar surface area (TPSA) is 22.2 Å². The van der Waals surface area contributed by atoms with Crippen LogP contribution in [0.25, 0.3) is 21.9 Å². The van der Waals surface area contributed by atoms with Crippen molar-refractivity contribution in [2.45, 2.75) is 20.8 Å². The van der Waals surface area contributed by atoms with Gasteiger partial charge in [-0.15, -0.1) is 0 Å². The minimum absolute atomic E-state index is 0.535. The summed E-state index contributed by atoms with van der Waals surface area (Å²) in [6.07, 6.45) is 1.65. The Morgan fingerprint density at radius 2 is 1.59 bits per heavy atom. The zero-order valence-electron chi connectivity index (χ0n) is 13.0. The summed E-state index contributed by atoms with van der Waals surface area (Å²) >= 11 is 0. The van der Waals surface area contributed by atoms with Gasteiger partial charge in [0, 0.05) is 5.56 Å². The summed E-state index contributed by atoms with van der Waals surface area (Å²) in [6, 6.07) is 14.4. The first-order chi connectivity index (χ1) is 10.6. The van der Waals surface area contributed by atoms with Gasteiger partial charge in [0.1, 0.15) is 5.69 Å². The van der Waals surface area contributed by atoms with E-state index in [9.17, 15) is 0 Å². The molecule has 3 aromatic rings. The van der Waals surface area contributed by atoms with Gasteiger partial charge in [-0.3, -0.25) is 0 Å². The number of aromatic nitrogens is 2. The molecule has 0 amide bonds. The summed E-state index contributed by atoms with van der Waals surface area (Å²) < 4.78 is 1.96. The van der Waals surface area contributed by atoms with Crippen LogP contribution in [-0.2, 0) is 0 Å². The fourth-order valence-electron chi connectivity index (χ4n) is 2.71. The highest BCUT2D eigenvalue weighted by Gasteiger charge is 2.19. The van der Waals surface area contributed by atoms with Crippen molar-refractivity contribution in [1.82, 2.24) is 9.55 Å². The number of aryl methyl sites for hydroxylation is 3. The molecule has 3 nitrogen and oxygen atoms in total. The number of rotatable bonds is 2. The molecule has 0 saturated carbocycles. The molecule has 1 heterocycles. The Labute approximate surface area is 130 Å². The maximum atomic E-state index is 7.45. The van der Waals surface area contributed by atoms with Crippen molar-refractivity contribution in [3.05, 3.63) is 76.8 Å². The molecular weight excluding hydrogens is 270 g/mol. The molecule has 0 bridgehead atoms. The molecule has 2 aromatic carbocycles. The Morgan fingerprint density at radius 1 is 0.955 bits per heavy atom. The summed E-state index contributed by atoms with van der Waals surface area (Å²) in [4.78, 5) is 8.14. The van der Waals surface area contributed by atoms with Crippen LogP contribution in [0.1, 0.15) is 16.7 Å². The molecule has 22 heavy (non-hydrogen) atoms. The van der Waals surface area contributed by atoms with Crippen LogP contribution in [0.4, 0.5) is 5.82 Å². The second-order valence-electron chi connectivity index (χ2n) is 5.49. The average molecular weight is 287 g/mol. The number of hydrogen-bond donors (Lipinski definition) is 0. The highest BCUT2D eigenvalue weighted by molar-refractivity contribution is 5.66. The monoisotopic (exact) mass is 287 g/mol. The smallest absolute Gasteiger partial charge is 0.255 e. The van der Waals surface area contributed by atoms with E-state index < -0.39 is 0 Å². The second kappa shape index (κ2) is 5.50. The molecule has 0 atom stereocenters. The Balaban J connectivity index is 2.30. The molecule has 0 radical (unpaired) electrons. The molecule has 0 unspecified atom stereocenters. The molecule has 1 aromatic heterocycles. The number of para-hydroxylation sites is 1. The van der Waals surface area contributed by atoms with Crippen LogP contribution in [0, 0.1) is 27.3 Å². The van der Waals surface area contributed by atoms with Crippen molar-refractivity contribution in [3.63, 3.8) is 0 Å². The van der Waals surface area contributed by atoms with Gasteiger partial charge in [0.15, 0.2) is 0 Å². The molecular formula is C19H17N3. The standard InChI is InChI=1S/C19H17N3/c1-13-8-10-16(11-9-13)19-21-12-17(20-4)22(19)18-14(2)6-5-7-15(18)3/h5-12H,1-3H3. The van der Waals surface area contributed by atoms with Crippen LogP contribution < -0.4 is 0 Å². The van der Waals surface area contributed by atoms with Crippen LogP contribution in [0.15, 0.2) is 48.7 Å². The summed E-state index contributed by atoms with van der Waals surface area (Å²) in [6.45, 7) is 13.6. The van der Waals surface area contributed by atoms with Crippen molar-refractivity contribution in [2.24, 2.45) is 0 Å². The molecule has 0 saturated heterocycles. The molecule has 0 N–H and O–H groups in total. The van der Waals surface area contributed by atoms with Gasteiger partial charge in [0.25, 0.3) is 5.82 Å². The quantitative estimate of drug-likeness (QED) is 0.607. The minimum Gasteiger partial charge on any atom is -0.362 e. The van der Waals surface area contributed by atoms with E-state index in [2.05, 4.69) is 67.0 Å². The predicted octanol–water partition coefficient (Wildman–Crippen LogP) is 5.02. The summed E-state index contributed by atoms with van der Waals surface area (Å²) in [5, 5.41) is 0. The van der Waals surface area contributed by atoms with E-state index in [1.54, 1.807) is 6.20 Å². The molecule has 0 fully saturated rings. The summed E-state index contributed by atoms with van der Waals surface area (Å²) in [7, 11) is 0. The van der Waals surface area contributed by atoms with Crippen LogP contribution >= 0.6 is 0 Å². The number of benzene rings is 2. The molecule has 108 valence electrons. The first-order valence-electron chi connectivity index (χ1n) is 7.20. The summed E-state index contributed by atoms with van der Waals surface area (Å²) in [5.41, 5.74) is 5.54. The zero-order valence-corrected chi connectivity index (χ0v) is 13.0. The van der Waals surface area contributed by atoms with E-state index in [1.807, 2.05) is 10.6 Å².